The molecule has 0 atom stereocenters. The number of ether oxygens (including phenoxy) is 1. The van der Waals surface area contributed by atoms with Crippen molar-refractivity contribution in [1.82, 2.24) is 14.5 Å². The largest absolute Gasteiger partial charge is 0.504 e. The van der Waals surface area contributed by atoms with Gasteiger partial charge in [0.15, 0.2) is 28.4 Å². The Labute approximate surface area is 155 Å². The van der Waals surface area contributed by atoms with Crippen molar-refractivity contribution in [3.05, 3.63) is 47.3 Å². The minimum atomic E-state index is -0.662. The number of amides is 1. The monoisotopic (exact) mass is 368 g/mol. The van der Waals surface area contributed by atoms with Gasteiger partial charge in [-0.15, -0.1) is 0 Å². The van der Waals surface area contributed by atoms with Crippen molar-refractivity contribution < 1.29 is 19.4 Å². The number of carbonyl (C=O) groups is 2. The first-order valence-corrected chi connectivity index (χ1v) is 8.59. The van der Waals surface area contributed by atoms with Crippen LogP contribution in [0, 0.1) is 0 Å². The van der Waals surface area contributed by atoms with Gasteiger partial charge in [-0.25, -0.2) is 14.8 Å². The minimum absolute atomic E-state index is 0.0274. The maximum absolute atomic E-state index is 12.4. The molecular formula is C19H20N4O4. The van der Waals surface area contributed by atoms with E-state index in [1.165, 1.54) is 4.57 Å². The molecule has 1 amide bonds. The van der Waals surface area contributed by atoms with Crippen LogP contribution >= 0.6 is 0 Å². The second-order valence-electron chi connectivity index (χ2n) is 5.84. The second-order valence-corrected chi connectivity index (χ2v) is 5.84. The Balaban J connectivity index is 2.07. The van der Waals surface area contributed by atoms with E-state index in [1.54, 1.807) is 38.2 Å². The van der Waals surface area contributed by atoms with Crippen LogP contribution in [0.5, 0.6) is 5.75 Å². The van der Waals surface area contributed by atoms with Crippen LogP contribution in [-0.2, 0) is 18.2 Å². The lowest BCUT2D eigenvalue weighted by Crippen LogP contribution is -2.15. The summed E-state index contributed by atoms with van der Waals surface area (Å²) in [4.78, 5) is 33.4. The maximum atomic E-state index is 12.4. The van der Waals surface area contributed by atoms with E-state index in [4.69, 9.17) is 4.74 Å². The molecule has 1 aromatic carbocycles. The van der Waals surface area contributed by atoms with E-state index in [2.05, 4.69) is 15.3 Å². The number of nitrogens with one attached hydrogen (secondary N) is 1. The van der Waals surface area contributed by atoms with Gasteiger partial charge in [0, 0.05) is 12.6 Å². The van der Waals surface area contributed by atoms with E-state index in [0.29, 0.717) is 23.3 Å². The molecule has 0 aliphatic carbocycles. The smallest absolute Gasteiger partial charge is 0.358 e. The number of anilines is 1. The molecule has 0 saturated heterocycles. The fraction of sp³-hybridized carbons (Fsp3) is 0.263. The predicted molar refractivity (Wildman–Crippen MR) is 99.9 cm³/mol. The maximum Gasteiger partial charge on any atom is 0.358 e. The number of hydrogen-bond donors (Lipinski definition) is 2. The van der Waals surface area contributed by atoms with Gasteiger partial charge in [-0.1, -0.05) is 25.1 Å². The zero-order valence-corrected chi connectivity index (χ0v) is 15.3. The second kappa shape index (κ2) is 7.45. The lowest BCUT2D eigenvalue weighted by Gasteiger charge is -2.09. The number of carbonyl (C=O) groups excluding carboxylic acids is 2. The summed E-state index contributed by atoms with van der Waals surface area (Å²) in [5.41, 5.74) is 1.46. The molecule has 2 N–H and O–H groups in total. The normalized spacial score (nSPS) is 10.8. The highest BCUT2D eigenvalue weighted by molar-refractivity contribution is 6.05. The Morgan fingerprint density at radius 2 is 1.89 bits per heavy atom. The van der Waals surface area contributed by atoms with Gasteiger partial charge in [0.25, 0.3) is 5.91 Å². The van der Waals surface area contributed by atoms with Crippen molar-refractivity contribution in [3.63, 3.8) is 0 Å². The van der Waals surface area contributed by atoms with Crippen LogP contribution in [0.3, 0.4) is 0 Å². The van der Waals surface area contributed by atoms with Gasteiger partial charge in [-0.2, -0.15) is 0 Å². The highest BCUT2D eigenvalue weighted by Gasteiger charge is 2.25. The minimum Gasteiger partial charge on any atom is -0.504 e. The predicted octanol–water partition coefficient (Wildman–Crippen LogP) is 2.67. The molecule has 2 aromatic heterocycles. The van der Waals surface area contributed by atoms with Gasteiger partial charge < -0.3 is 19.7 Å². The summed E-state index contributed by atoms with van der Waals surface area (Å²) >= 11 is 0. The molecule has 3 aromatic rings. The molecule has 2 heterocycles. The van der Waals surface area contributed by atoms with Crippen LogP contribution in [0.25, 0.3) is 11.2 Å². The van der Waals surface area contributed by atoms with Crippen LogP contribution in [0.1, 0.15) is 40.4 Å². The van der Waals surface area contributed by atoms with E-state index in [1.807, 2.05) is 13.0 Å². The molecule has 3 rings (SSSR count). The summed E-state index contributed by atoms with van der Waals surface area (Å²) in [5, 5.41) is 13.2. The summed E-state index contributed by atoms with van der Waals surface area (Å²) in [7, 11) is 1.60. The fourth-order valence-corrected chi connectivity index (χ4v) is 2.78. The summed E-state index contributed by atoms with van der Waals surface area (Å²) in [6.45, 7) is 3.74. The molecule has 0 fully saturated rings. The molecule has 27 heavy (non-hydrogen) atoms. The number of benzene rings is 1. The molecule has 8 nitrogen and oxygen atoms in total. The van der Waals surface area contributed by atoms with Gasteiger partial charge in [0.05, 0.1) is 12.3 Å². The number of nitrogens with zero attached hydrogens (tertiary/aromatic N) is 3. The van der Waals surface area contributed by atoms with Gasteiger partial charge in [-0.3, -0.25) is 4.79 Å². The van der Waals surface area contributed by atoms with Crippen molar-refractivity contribution in [1.29, 1.82) is 0 Å². The van der Waals surface area contributed by atoms with Gasteiger partial charge >= 0.3 is 5.97 Å². The molecule has 0 unspecified atom stereocenters. The van der Waals surface area contributed by atoms with E-state index in [0.717, 1.165) is 0 Å². The van der Waals surface area contributed by atoms with Gasteiger partial charge in [0.1, 0.15) is 0 Å². The number of fused-ring (bicyclic) bond motifs is 1. The molecule has 0 radical (unpaired) electrons. The number of aromatic nitrogens is 3. The zero-order chi connectivity index (χ0) is 19.6. The Kier molecular flexibility index (Phi) is 5.07. The summed E-state index contributed by atoms with van der Waals surface area (Å²) in [6, 6.07) is 8.72. The fourth-order valence-electron chi connectivity index (χ4n) is 2.78. The van der Waals surface area contributed by atoms with Crippen molar-refractivity contribution >= 4 is 28.9 Å². The quantitative estimate of drug-likeness (QED) is 0.671. The van der Waals surface area contributed by atoms with Crippen LogP contribution < -0.4 is 5.32 Å². The third kappa shape index (κ3) is 3.33. The van der Waals surface area contributed by atoms with Crippen molar-refractivity contribution in [2.24, 2.45) is 7.05 Å². The van der Waals surface area contributed by atoms with Crippen molar-refractivity contribution in [2.75, 3.05) is 11.9 Å². The van der Waals surface area contributed by atoms with Gasteiger partial charge in [0.2, 0.25) is 0 Å². The molecule has 140 valence electrons. The average molecular weight is 368 g/mol. The average Bonchev–Trinajstić information content (AvgIpc) is 2.92. The van der Waals surface area contributed by atoms with Crippen LogP contribution in [0.4, 0.5) is 5.82 Å². The number of aryl methyl sites for hydroxylation is 2. The number of rotatable bonds is 5. The molecule has 0 aliphatic rings. The summed E-state index contributed by atoms with van der Waals surface area (Å²) < 4.78 is 6.43. The van der Waals surface area contributed by atoms with E-state index in [-0.39, 0.29) is 35.3 Å². The van der Waals surface area contributed by atoms with Crippen molar-refractivity contribution in [3.8, 4) is 5.75 Å². The molecule has 0 spiro atoms. The molecule has 0 bridgehead atoms. The van der Waals surface area contributed by atoms with E-state index in [9.17, 15) is 14.7 Å². The molecule has 0 saturated carbocycles. The first-order chi connectivity index (χ1) is 13.0. The Morgan fingerprint density at radius 3 is 2.52 bits per heavy atom. The van der Waals surface area contributed by atoms with Crippen LogP contribution in [0.2, 0.25) is 0 Å². The topological polar surface area (TPSA) is 106 Å². The number of hydrogen-bond acceptors (Lipinski definition) is 6. The van der Waals surface area contributed by atoms with Crippen LogP contribution in [0.15, 0.2) is 30.3 Å². The molecule has 0 aliphatic heterocycles. The first kappa shape index (κ1) is 18.4. The Bertz CT molecular complexity index is 1010. The SMILES string of the molecule is CCOC(=O)c1c(O)c2nc(NC(=O)c3ccccc3)c(CC)nc2n1C. The van der Waals surface area contributed by atoms with E-state index >= 15 is 0 Å². The molecular weight excluding hydrogens is 348 g/mol. The Hall–Kier alpha value is -3.42. The van der Waals surface area contributed by atoms with Gasteiger partial charge in [-0.05, 0) is 25.5 Å². The number of esters is 1. The standard InChI is InChI=1S/C19H20N4O4/c1-4-12-16(22-18(25)11-9-7-6-8-10-11)21-13-15(24)14(19(26)27-5-2)23(3)17(13)20-12/h6-10,24H,4-5H2,1-3H3,(H,21,22,25). The number of aromatic hydroxyl groups is 1. The van der Waals surface area contributed by atoms with Crippen LogP contribution in [-0.4, -0.2) is 38.1 Å². The highest BCUT2D eigenvalue weighted by Crippen LogP contribution is 2.31. The lowest BCUT2D eigenvalue weighted by molar-refractivity contribution is 0.0512. The Morgan fingerprint density at radius 1 is 1.19 bits per heavy atom. The molecule has 8 heteroatoms. The third-order valence-electron chi connectivity index (χ3n) is 4.12. The third-order valence-corrected chi connectivity index (χ3v) is 4.12. The zero-order valence-electron chi connectivity index (χ0n) is 15.3. The summed E-state index contributed by atoms with van der Waals surface area (Å²) in [5.74, 6) is -1.07. The van der Waals surface area contributed by atoms with E-state index < -0.39 is 5.97 Å². The lowest BCUT2D eigenvalue weighted by atomic mass is 10.2. The van der Waals surface area contributed by atoms with Crippen molar-refractivity contribution in [2.45, 2.75) is 20.3 Å². The summed E-state index contributed by atoms with van der Waals surface area (Å²) in [6.07, 6.45) is 0.508. The highest BCUT2D eigenvalue weighted by atomic mass is 16.5. The first-order valence-electron chi connectivity index (χ1n) is 8.59.